The first-order valence-corrected chi connectivity index (χ1v) is 5.60. The first kappa shape index (κ1) is 13.4. The van der Waals surface area contributed by atoms with Crippen molar-refractivity contribution in [3.05, 3.63) is 34.6 Å². The molecule has 0 heterocycles. The summed E-state index contributed by atoms with van der Waals surface area (Å²) in [7, 11) is 1.60. The highest BCUT2D eigenvalue weighted by atomic mass is 35.5. The Morgan fingerprint density at radius 1 is 1.50 bits per heavy atom. The molecule has 2 nitrogen and oxygen atoms in total. The normalized spacial score (nSPS) is 14.8. The minimum Gasteiger partial charge on any atom is -0.383 e. The Morgan fingerprint density at radius 3 is 2.75 bits per heavy atom. The topological polar surface area (TPSA) is 35.2 Å². The molecule has 0 aliphatic rings. The van der Waals surface area contributed by atoms with Gasteiger partial charge in [-0.3, -0.25) is 0 Å². The number of methoxy groups -OCH3 is 1. The van der Waals surface area contributed by atoms with Crippen molar-refractivity contribution < 1.29 is 9.13 Å². The molecule has 0 saturated heterocycles. The molecule has 0 amide bonds. The van der Waals surface area contributed by atoms with Crippen LogP contribution in [0.15, 0.2) is 18.2 Å². The molecule has 0 radical (unpaired) electrons. The summed E-state index contributed by atoms with van der Waals surface area (Å²) in [5.74, 6) is -0.296. The van der Waals surface area contributed by atoms with Crippen LogP contribution in [-0.4, -0.2) is 19.3 Å². The van der Waals surface area contributed by atoms with Crippen molar-refractivity contribution >= 4 is 11.6 Å². The van der Waals surface area contributed by atoms with Gasteiger partial charge in [0.2, 0.25) is 0 Å². The summed E-state index contributed by atoms with van der Waals surface area (Å²) in [4.78, 5) is 0. The molecule has 1 rings (SSSR count). The van der Waals surface area contributed by atoms with Crippen molar-refractivity contribution in [1.82, 2.24) is 0 Å². The fourth-order valence-corrected chi connectivity index (χ4v) is 1.81. The standard InChI is InChI=1S/C12H17ClFNO/c1-3-12(15,8-16-2)7-9-6-10(14)4-5-11(9)13/h4-6H,3,7-8,15H2,1-2H3. The Morgan fingerprint density at radius 2 is 2.19 bits per heavy atom. The average molecular weight is 246 g/mol. The number of hydrogen-bond acceptors (Lipinski definition) is 2. The molecule has 1 atom stereocenters. The second-order valence-electron chi connectivity index (χ2n) is 4.06. The van der Waals surface area contributed by atoms with Crippen LogP contribution < -0.4 is 5.73 Å². The molecular formula is C12H17ClFNO. The predicted octanol–water partition coefficient (Wildman–Crippen LogP) is 2.78. The monoisotopic (exact) mass is 245 g/mol. The van der Waals surface area contributed by atoms with Crippen molar-refractivity contribution in [2.24, 2.45) is 5.73 Å². The van der Waals surface area contributed by atoms with E-state index in [9.17, 15) is 4.39 Å². The lowest BCUT2D eigenvalue weighted by Crippen LogP contribution is -2.45. The second-order valence-corrected chi connectivity index (χ2v) is 4.47. The maximum absolute atomic E-state index is 13.1. The summed E-state index contributed by atoms with van der Waals surface area (Å²) in [5, 5.41) is 0.542. The fourth-order valence-electron chi connectivity index (χ4n) is 1.62. The van der Waals surface area contributed by atoms with Crippen molar-refractivity contribution in [1.29, 1.82) is 0 Å². The molecule has 0 fully saturated rings. The van der Waals surface area contributed by atoms with Crippen LogP contribution in [0.5, 0.6) is 0 Å². The lowest BCUT2D eigenvalue weighted by atomic mass is 9.90. The number of ether oxygens (including phenoxy) is 1. The minimum absolute atomic E-state index is 0.296. The molecule has 0 spiro atoms. The largest absolute Gasteiger partial charge is 0.383 e. The van der Waals surface area contributed by atoms with Crippen LogP contribution in [0.3, 0.4) is 0 Å². The van der Waals surface area contributed by atoms with Gasteiger partial charge in [0.15, 0.2) is 0 Å². The van der Waals surface area contributed by atoms with E-state index in [0.717, 1.165) is 12.0 Å². The maximum Gasteiger partial charge on any atom is 0.123 e. The van der Waals surface area contributed by atoms with Crippen molar-refractivity contribution in [3.63, 3.8) is 0 Å². The molecule has 1 unspecified atom stereocenters. The van der Waals surface area contributed by atoms with Crippen molar-refractivity contribution in [3.8, 4) is 0 Å². The van der Waals surface area contributed by atoms with Gasteiger partial charge in [-0.1, -0.05) is 18.5 Å². The van der Waals surface area contributed by atoms with E-state index >= 15 is 0 Å². The third kappa shape index (κ3) is 3.44. The van der Waals surface area contributed by atoms with Crippen molar-refractivity contribution in [2.75, 3.05) is 13.7 Å². The number of halogens is 2. The highest BCUT2D eigenvalue weighted by Gasteiger charge is 2.24. The Hall–Kier alpha value is -0.640. The van der Waals surface area contributed by atoms with Crippen LogP contribution in [-0.2, 0) is 11.2 Å². The molecule has 1 aromatic rings. The van der Waals surface area contributed by atoms with E-state index in [-0.39, 0.29) is 5.82 Å². The van der Waals surface area contributed by atoms with Gasteiger partial charge < -0.3 is 10.5 Å². The highest BCUT2D eigenvalue weighted by Crippen LogP contribution is 2.23. The first-order valence-electron chi connectivity index (χ1n) is 5.22. The smallest absolute Gasteiger partial charge is 0.123 e. The van der Waals surface area contributed by atoms with E-state index in [1.807, 2.05) is 6.92 Å². The van der Waals surface area contributed by atoms with Crippen LogP contribution >= 0.6 is 11.6 Å². The van der Waals surface area contributed by atoms with Gasteiger partial charge >= 0.3 is 0 Å². The lowest BCUT2D eigenvalue weighted by molar-refractivity contribution is 0.129. The van der Waals surface area contributed by atoms with Gasteiger partial charge in [-0.25, -0.2) is 4.39 Å². The molecule has 16 heavy (non-hydrogen) atoms. The van der Waals surface area contributed by atoms with E-state index in [1.54, 1.807) is 13.2 Å². The molecular weight excluding hydrogens is 229 g/mol. The van der Waals surface area contributed by atoms with Gasteiger partial charge in [0.25, 0.3) is 0 Å². The Balaban J connectivity index is 2.89. The molecule has 0 saturated carbocycles. The third-order valence-electron chi connectivity index (χ3n) is 2.69. The molecule has 0 aliphatic carbocycles. The summed E-state index contributed by atoms with van der Waals surface area (Å²) in [6, 6.07) is 4.32. The summed E-state index contributed by atoms with van der Waals surface area (Å²) < 4.78 is 18.2. The summed E-state index contributed by atoms with van der Waals surface area (Å²) in [5.41, 5.74) is 6.38. The van der Waals surface area contributed by atoms with E-state index in [4.69, 9.17) is 22.1 Å². The van der Waals surface area contributed by atoms with E-state index in [0.29, 0.717) is 18.1 Å². The Bertz CT molecular complexity index is 359. The number of hydrogen-bond donors (Lipinski definition) is 1. The van der Waals surface area contributed by atoms with Gasteiger partial charge in [-0.15, -0.1) is 0 Å². The van der Waals surface area contributed by atoms with E-state index < -0.39 is 5.54 Å². The summed E-state index contributed by atoms with van der Waals surface area (Å²) in [6.07, 6.45) is 1.25. The van der Waals surface area contributed by atoms with Gasteiger partial charge in [-0.2, -0.15) is 0 Å². The molecule has 0 aromatic heterocycles. The quantitative estimate of drug-likeness (QED) is 0.866. The third-order valence-corrected chi connectivity index (χ3v) is 3.05. The van der Waals surface area contributed by atoms with Gasteiger partial charge in [-0.05, 0) is 36.6 Å². The maximum atomic E-state index is 13.1. The van der Waals surface area contributed by atoms with Crippen LogP contribution in [0.1, 0.15) is 18.9 Å². The van der Waals surface area contributed by atoms with Crippen molar-refractivity contribution in [2.45, 2.75) is 25.3 Å². The van der Waals surface area contributed by atoms with Gasteiger partial charge in [0, 0.05) is 17.7 Å². The molecule has 2 N–H and O–H groups in total. The van der Waals surface area contributed by atoms with Gasteiger partial charge in [0.1, 0.15) is 5.82 Å². The van der Waals surface area contributed by atoms with Crippen LogP contribution in [0.4, 0.5) is 4.39 Å². The molecule has 4 heteroatoms. The van der Waals surface area contributed by atoms with Crippen LogP contribution in [0, 0.1) is 5.82 Å². The Labute approximate surface area is 101 Å². The SMILES string of the molecule is CCC(N)(COC)Cc1cc(F)ccc1Cl. The Kier molecular flexibility index (Phi) is 4.71. The number of rotatable bonds is 5. The van der Waals surface area contributed by atoms with Gasteiger partial charge in [0.05, 0.1) is 6.61 Å². The highest BCUT2D eigenvalue weighted by molar-refractivity contribution is 6.31. The van der Waals surface area contributed by atoms with E-state index in [1.165, 1.54) is 12.1 Å². The summed E-state index contributed by atoms with van der Waals surface area (Å²) >= 11 is 6.00. The predicted molar refractivity (Wildman–Crippen MR) is 64.2 cm³/mol. The van der Waals surface area contributed by atoms with Crippen LogP contribution in [0.25, 0.3) is 0 Å². The average Bonchev–Trinajstić information content (AvgIpc) is 2.24. The zero-order chi connectivity index (χ0) is 12.2. The molecule has 1 aromatic carbocycles. The minimum atomic E-state index is -0.494. The zero-order valence-electron chi connectivity index (χ0n) is 9.59. The zero-order valence-corrected chi connectivity index (χ0v) is 10.4. The number of nitrogens with two attached hydrogens (primary N) is 1. The fraction of sp³-hybridized carbons (Fsp3) is 0.500. The molecule has 0 bridgehead atoms. The lowest BCUT2D eigenvalue weighted by Gasteiger charge is -2.27. The molecule has 90 valence electrons. The second kappa shape index (κ2) is 5.62. The van der Waals surface area contributed by atoms with Crippen LogP contribution in [0.2, 0.25) is 5.02 Å². The molecule has 0 aliphatic heterocycles. The summed E-state index contributed by atoms with van der Waals surface area (Å²) in [6.45, 7) is 2.41. The number of benzene rings is 1. The van der Waals surface area contributed by atoms with E-state index in [2.05, 4.69) is 0 Å². The first-order chi connectivity index (χ1) is 7.50.